The minimum absolute atomic E-state index is 0.249. The van der Waals surface area contributed by atoms with Gasteiger partial charge >= 0.3 is 0 Å². The number of rotatable bonds is 6. The number of nitrogens with zero attached hydrogens (tertiary/aromatic N) is 1. The van der Waals surface area contributed by atoms with E-state index in [-0.39, 0.29) is 11.8 Å². The van der Waals surface area contributed by atoms with Crippen LogP contribution in [0.2, 0.25) is 5.02 Å². The lowest BCUT2D eigenvalue weighted by atomic mass is 10.1. The highest BCUT2D eigenvalue weighted by molar-refractivity contribution is 6.31. The Morgan fingerprint density at radius 1 is 1.19 bits per heavy atom. The molecule has 1 aromatic carbocycles. The molecule has 3 N–H and O–H groups in total. The summed E-state index contributed by atoms with van der Waals surface area (Å²) in [6, 6.07) is 6.40. The first kappa shape index (κ1) is 19.4. The predicted molar refractivity (Wildman–Crippen MR) is 104 cm³/mol. The molecule has 1 aromatic heterocycles. The minimum Gasteiger partial charge on any atom is -0.469 e. The average Bonchev–Trinajstić information content (AvgIpc) is 3.09. The molecule has 0 radical (unpaired) electrons. The van der Waals surface area contributed by atoms with Crippen molar-refractivity contribution in [1.82, 2.24) is 15.5 Å². The molecule has 144 valence electrons. The second-order valence-corrected chi connectivity index (χ2v) is 6.82. The lowest BCUT2D eigenvalue weighted by Gasteiger charge is -2.27. The third-order valence-corrected chi connectivity index (χ3v) is 4.74. The van der Waals surface area contributed by atoms with Crippen molar-refractivity contribution in [3.63, 3.8) is 0 Å². The molecule has 27 heavy (non-hydrogen) atoms. The number of carbonyl (C=O) groups is 2. The number of halogens is 1. The monoisotopic (exact) mass is 390 g/mol. The van der Waals surface area contributed by atoms with E-state index in [0.29, 0.717) is 34.1 Å². The van der Waals surface area contributed by atoms with E-state index in [0.717, 1.165) is 32.7 Å². The molecule has 8 heteroatoms. The highest BCUT2D eigenvalue weighted by Gasteiger charge is 2.17. The Balaban J connectivity index is 1.64. The standard InChI is InChI=1S/C19H23ClN4O3/c1-13-15(4-11-27-13)19(26)23-17-12-14(20)2-3-16(17)18(25)22-7-10-24-8-5-21-6-9-24/h2-4,11-12,21H,5-10H2,1H3,(H,22,25)(H,23,26). The topological polar surface area (TPSA) is 86.6 Å². The van der Waals surface area contributed by atoms with Gasteiger partial charge in [-0.25, -0.2) is 0 Å². The van der Waals surface area contributed by atoms with Gasteiger partial charge in [0.1, 0.15) is 5.76 Å². The summed E-state index contributed by atoms with van der Waals surface area (Å²) >= 11 is 6.05. The Bertz CT molecular complexity index is 815. The predicted octanol–water partition coefficient (Wildman–Crippen LogP) is 2.13. The van der Waals surface area contributed by atoms with Crippen molar-refractivity contribution in [2.75, 3.05) is 44.6 Å². The van der Waals surface area contributed by atoms with Crippen LogP contribution in [0.3, 0.4) is 0 Å². The van der Waals surface area contributed by atoms with Gasteiger partial charge in [0.15, 0.2) is 0 Å². The third kappa shape index (κ3) is 5.09. The Morgan fingerprint density at radius 3 is 2.67 bits per heavy atom. The van der Waals surface area contributed by atoms with Gasteiger partial charge in [0.25, 0.3) is 11.8 Å². The number of carbonyl (C=O) groups excluding carboxylic acids is 2. The number of benzene rings is 1. The van der Waals surface area contributed by atoms with E-state index >= 15 is 0 Å². The number of hydrogen-bond donors (Lipinski definition) is 3. The summed E-state index contributed by atoms with van der Waals surface area (Å²) in [6.45, 7) is 6.91. The molecule has 0 aliphatic carbocycles. The molecule has 1 fully saturated rings. The average molecular weight is 391 g/mol. The molecular formula is C19H23ClN4O3. The van der Waals surface area contributed by atoms with Gasteiger partial charge in [0, 0.05) is 44.3 Å². The summed E-state index contributed by atoms with van der Waals surface area (Å²) in [5, 5.41) is 9.40. The van der Waals surface area contributed by atoms with Crippen LogP contribution in [-0.2, 0) is 0 Å². The fourth-order valence-electron chi connectivity index (χ4n) is 2.99. The molecule has 1 saturated heterocycles. The summed E-state index contributed by atoms with van der Waals surface area (Å²) in [5.74, 6) is -0.0871. The highest BCUT2D eigenvalue weighted by Crippen LogP contribution is 2.22. The zero-order valence-corrected chi connectivity index (χ0v) is 15.9. The first-order chi connectivity index (χ1) is 13.0. The van der Waals surface area contributed by atoms with Gasteiger partial charge in [-0.05, 0) is 31.2 Å². The zero-order valence-electron chi connectivity index (χ0n) is 15.2. The fraction of sp³-hybridized carbons (Fsp3) is 0.368. The normalized spacial score (nSPS) is 14.7. The van der Waals surface area contributed by atoms with E-state index in [9.17, 15) is 9.59 Å². The largest absolute Gasteiger partial charge is 0.469 e. The zero-order chi connectivity index (χ0) is 19.2. The molecule has 1 aliphatic heterocycles. The molecule has 2 aromatic rings. The molecule has 0 spiro atoms. The molecule has 7 nitrogen and oxygen atoms in total. The van der Waals surface area contributed by atoms with Gasteiger partial charge in [-0.15, -0.1) is 0 Å². The van der Waals surface area contributed by atoms with Crippen molar-refractivity contribution in [1.29, 1.82) is 0 Å². The van der Waals surface area contributed by atoms with Crippen molar-refractivity contribution in [2.24, 2.45) is 0 Å². The molecule has 1 aliphatic rings. The van der Waals surface area contributed by atoms with Gasteiger partial charge in [-0.2, -0.15) is 0 Å². The van der Waals surface area contributed by atoms with Crippen LogP contribution in [0.15, 0.2) is 34.9 Å². The number of aryl methyl sites for hydroxylation is 1. The van der Waals surface area contributed by atoms with Crippen molar-refractivity contribution < 1.29 is 14.0 Å². The lowest BCUT2D eigenvalue weighted by Crippen LogP contribution is -2.46. The van der Waals surface area contributed by atoms with Crippen LogP contribution in [0.25, 0.3) is 0 Å². The number of piperazine rings is 1. The first-order valence-corrected chi connectivity index (χ1v) is 9.28. The van der Waals surface area contributed by atoms with Crippen molar-refractivity contribution in [3.05, 3.63) is 52.4 Å². The maximum absolute atomic E-state index is 12.6. The smallest absolute Gasteiger partial charge is 0.259 e. The van der Waals surface area contributed by atoms with Crippen molar-refractivity contribution in [3.8, 4) is 0 Å². The Kier molecular flexibility index (Phi) is 6.49. The van der Waals surface area contributed by atoms with Crippen molar-refractivity contribution in [2.45, 2.75) is 6.92 Å². The number of amides is 2. The van der Waals surface area contributed by atoms with E-state index in [2.05, 4.69) is 20.9 Å². The van der Waals surface area contributed by atoms with Gasteiger partial charge in [-0.1, -0.05) is 11.6 Å². The third-order valence-electron chi connectivity index (χ3n) is 4.50. The molecule has 0 bridgehead atoms. The lowest BCUT2D eigenvalue weighted by molar-refractivity contribution is 0.0948. The van der Waals surface area contributed by atoms with E-state index in [1.54, 1.807) is 31.2 Å². The Labute approximate surface area is 163 Å². The Morgan fingerprint density at radius 2 is 1.96 bits per heavy atom. The quantitative estimate of drug-likeness (QED) is 0.703. The van der Waals surface area contributed by atoms with Gasteiger partial charge in [0.05, 0.1) is 23.1 Å². The van der Waals surface area contributed by atoms with E-state index in [1.165, 1.54) is 6.26 Å². The van der Waals surface area contributed by atoms with Gasteiger partial charge in [0.2, 0.25) is 0 Å². The van der Waals surface area contributed by atoms with Crippen LogP contribution in [0, 0.1) is 6.92 Å². The number of hydrogen-bond acceptors (Lipinski definition) is 5. The SMILES string of the molecule is Cc1occc1C(=O)Nc1cc(Cl)ccc1C(=O)NCCN1CCNCC1. The number of furan rings is 1. The van der Waals surface area contributed by atoms with Gasteiger partial charge in [-0.3, -0.25) is 14.5 Å². The molecule has 0 unspecified atom stereocenters. The van der Waals surface area contributed by atoms with Crippen LogP contribution in [0.1, 0.15) is 26.5 Å². The Hall–Kier alpha value is -2.35. The summed E-state index contributed by atoms with van der Waals surface area (Å²) in [7, 11) is 0. The maximum Gasteiger partial charge on any atom is 0.259 e. The van der Waals surface area contributed by atoms with Crippen LogP contribution in [0.4, 0.5) is 5.69 Å². The van der Waals surface area contributed by atoms with E-state index in [1.807, 2.05) is 0 Å². The highest BCUT2D eigenvalue weighted by atomic mass is 35.5. The van der Waals surface area contributed by atoms with Crippen molar-refractivity contribution >= 4 is 29.1 Å². The van der Waals surface area contributed by atoms with Crippen LogP contribution in [0.5, 0.6) is 0 Å². The van der Waals surface area contributed by atoms with Crippen LogP contribution < -0.4 is 16.0 Å². The minimum atomic E-state index is -0.349. The second kappa shape index (κ2) is 9.03. The van der Waals surface area contributed by atoms with E-state index in [4.69, 9.17) is 16.0 Å². The number of nitrogens with one attached hydrogen (secondary N) is 3. The summed E-state index contributed by atoms with van der Waals surface area (Å²) in [4.78, 5) is 27.3. The molecule has 0 atom stereocenters. The summed E-state index contributed by atoms with van der Waals surface area (Å²) < 4.78 is 5.16. The summed E-state index contributed by atoms with van der Waals surface area (Å²) in [5.41, 5.74) is 1.15. The molecular weight excluding hydrogens is 368 g/mol. The first-order valence-electron chi connectivity index (χ1n) is 8.91. The number of anilines is 1. The molecule has 2 heterocycles. The van der Waals surface area contributed by atoms with Crippen LogP contribution in [-0.4, -0.2) is 56.0 Å². The van der Waals surface area contributed by atoms with Crippen LogP contribution >= 0.6 is 11.6 Å². The second-order valence-electron chi connectivity index (χ2n) is 6.38. The maximum atomic E-state index is 12.6. The van der Waals surface area contributed by atoms with E-state index < -0.39 is 0 Å². The molecule has 0 saturated carbocycles. The van der Waals surface area contributed by atoms with Gasteiger partial charge < -0.3 is 20.4 Å². The fourth-order valence-corrected chi connectivity index (χ4v) is 3.16. The molecule has 2 amide bonds. The molecule has 3 rings (SSSR count). The summed E-state index contributed by atoms with van der Waals surface area (Å²) in [6.07, 6.45) is 1.45.